The summed E-state index contributed by atoms with van der Waals surface area (Å²) in [6, 6.07) is 7.93. The van der Waals surface area contributed by atoms with E-state index in [9.17, 15) is 0 Å². The molecule has 0 aromatic heterocycles. The van der Waals surface area contributed by atoms with Gasteiger partial charge in [-0.25, -0.2) is 0 Å². The van der Waals surface area contributed by atoms with E-state index < -0.39 is 0 Å². The van der Waals surface area contributed by atoms with Crippen LogP contribution in [0.5, 0.6) is 0 Å². The summed E-state index contributed by atoms with van der Waals surface area (Å²) in [6.07, 6.45) is 1.06. The summed E-state index contributed by atoms with van der Waals surface area (Å²) < 4.78 is 0. The van der Waals surface area contributed by atoms with Gasteiger partial charge in [0.15, 0.2) is 0 Å². The fraction of sp³-hybridized carbons (Fsp3) is 0.538. The molecule has 0 saturated carbocycles. The molecule has 1 aromatic carbocycles. The van der Waals surface area contributed by atoms with E-state index in [4.69, 9.17) is 10.8 Å². The summed E-state index contributed by atoms with van der Waals surface area (Å²) in [5.74, 6) is 0. The third-order valence-electron chi connectivity index (χ3n) is 2.34. The first-order valence-corrected chi connectivity index (χ1v) is 5.37. The quantitative estimate of drug-likeness (QED) is 0.798. The highest BCUT2D eigenvalue weighted by Crippen LogP contribution is 2.21. The fourth-order valence-corrected chi connectivity index (χ4v) is 1.60. The first kappa shape index (κ1) is 12.2. The van der Waals surface area contributed by atoms with Gasteiger partial charge >= 0.3 is 0 Å². The van der Waals surface area contributed by atoms with Crippen molar-refractivity contribution in [2.45, 2.75) is 33.2 Å². The predicted molar refractivity (Wildman–Crippen MR) is 63.6 cm³/mol. The summed E-state index contributed by atoms with van der Waals surface area (Å²) in [5, 5.41) is 8.92. The maximum atomic E-state index is 8.92. The summed E-state index contributed by atoms with van der Waals surface area (Å²) in [4.78, 5) is 0. The number of aliphatic hydroxyl groups is 1. The van der Waals surface area contributed by atoms with Crippen molar-refractivity contribution in [2.75, 3.05) is 6.61 Å². The molecule has 0 aliphatic rings. The molecule has 2 nitrogen and oxygen atoms in total. The van der Waals surface area contributed by atoms with E-state index >= 15 is 0 Å². The van der Waals surface area contributed by atoms with E-state index in [1.807, 2.05) is 12.1 Å². The highest BCUT2D eigenvalue weighted by Gasteiger charge is 2.11. The zero-order valence-corrected chi connectivity index (χ0v) is 9.83. The number of hydrogen-bond donors (Lipinski definition) is 2. The van der Waals surface area contributed by atoms with Crippen molar-refractivity contribution >= 4 is 0 Å². The second kappa shape index (κ2) is 4.77. The Morgan fingerprint density at radius 2 is 1.73 bits per heavy atom. The number of aliphatic hydroxyl groups excluding tert-OH is 1. The van der Waals surface area contributed by atoms with E-state index in [-0.39, 0.29) is 12.6 Å². The number of hydrogen-bond acceptors (Lipinski definition) is 2. The molecule has 0 radical (unpaired) electrons. The van der Waals surface area contributed by atoms with E-state index in [0.29, 0.717) is 5.41 Å². The lowest BCUT2D eigenvalue weighted by atomic mass is 9.88. The monoisotopic (exact) mass is 207 g/mol. The van der Waals surface area contributed by atoms with Crippen LogP contribution in [0.1, 0.15) is 37.9 Å². The maximum absolute atomic E-state index is 8.92. The average molecular weight is 207 g/mol. The van der Waals surface area contributed by atoms with Crippen LogP contribution in [0.4, 0.5) is 0 Å². The van der Waals surface area contributed by atoms with Crippen molar-refractivity contribution in [2.24, 2.45) is 11.1 Å². The summed E-state index contributed by atoms with van der Waals surface area (Å²) in [7, 11) is 0. The van der Waals surface area contributed by atoms with Crippen LogP contribution in [0.25, 0.3) is 0 Å². The second-order valence-corrected chi connectivity index (χ2v) is 5.27. The Bertz CT molecular complexity index is 297. The standard InChI is InChI=1S/C13H21NO/c1-13(2,3)8-10-4-6-11(7-5-10)12(14)9-15/h4-7,12,15H,8-9,14H2,1-3H3. The minimum Gasteiger partial charge on any atom is -0.394 e. The largest absolute Gasteiger partial charge is 0.394 e. The number of rotatable bonds is 3. The van der Waals surface area contributed by atoms with Gasteiger partial charge in [-0.2, -0.15) is 0 Å². The second-order valence-electron chi connectivity index (χ2n) is 5.27. The van der Waals surface area contributed by atoms with Gasteiger partial charge in [0.2, 0.25) is 0 Å². The molecular formula is C13H21NO. The van der Waals surface area contributed by atoms with Crippen LogP contribution < -0.4 is 5.73 Å². The molecule has 2 heteroatoms. The molecule has 1 unspecified atom stereocenters. The van der Waals surface area contributed by atoms with Gasteiger partial charge in [0.1, 0.15) is 0 Å². The Morgan fingerprint density at radius 3 is 2.13 bits per heavy atom. The molecular weight excluding hydrogens is 186 g/mol. The molecule has 0 fully saturated rings. The van der Waals surface area contributed by atoms with Gasteiger partial charge in [-0.05, 0) is 23.0 Å². The first-order valence-electron chi connectivity index (χ1n) is 5.37. The van der Waals surface area contributed by atoms with Crippen molar-refractivity contribution in [3.8, 4) is 0 Å². The van der Waals surface area contributed by atoms with Crippen LogP contribution in [-0.2, 0) is 6.42 Å². The molecule has 1 aromatic rings. The van der Waals surface area contributed by atoms with Gasteiger partial charge in [0, 0.05) is 0 Å². The minimum absolute atomic E-state index is 0.00137. The molecule has 0 bridgehead atoms. The molecule has 3 N–H and O–H groups in total. The van der Waals surface area contributed by atoms with E-state index in [1.165, 1.54) is 5.56 Å². The van der Waals surface area contributed by atoms with Gasteiger partial charge in [-0.1, -0.05) is 45.0 Å². The van der Waals surface area contributed by atoms with Gasteiger partial charge in [-0.3, -0.25) is 0 Å². The Labute approximate surface area is 92.1 Å². The Hall–Kier alpha value is -0.860. The average Bonchev–Trinajstić information content (AvgIpc) is 2.15. The van der Waals surface area contributed by atoms with E-state index in [2.05, 4.69) is 32.9 Å². The van der Waals surface area contributed by atoms with Crippen molar-refractivity contribution in [1.82, 2.24) is 0 Å². The lowest BCUT2D eigenvalue weighted by Crippen LogP contribution is -2.14. The van der Waals surface area contributed by atoms with Gasteiger partial charge in [0.25, 0.3) is 0 Å². The lowest BCUT2D eigenvalue weighted by molar-refractivity contribution is 0.268. The van der Waals surface area contributed by atoms with Crippen LogP contribution >= 0.6 is 0 Å². The zero-order chi connectivity index (χ0) is 11.5. The van der Waals surface area contributed by atoms with Gasteiger partial charge < -0.3 is 10.8 Å². The number of benzene rings is 1. The smallest absolute Gasteiger partial charge is 0.0624 e. The van der Waals surface area contributed by atoms with Crippen LogP contribution in [-0.4, -0.2) is 11.7 Å². The van der Waals surface area contributed by atoms with E-state index in [0.717, 1.165) is 12.0 Å². The molecule has 1 atom stereocenters. The SMILES string of the molecule is CC(C)(C)Cc1ccc(C(N)CO)cc1. The van der Waals surface area contributed by atoms with Gasteiger partial charge in [-0.15, -0.1) is 0 Å². The van der Waals surface area contributed by atoms with Crippen LogP contribution in [0.2, 0.25) is 0 Å². The van der Waals surface area contributed by atoms with Crippen molar-refractivity contribution in [1.29, 1.82) is 0 Å². The summed E-state index contributed by atoms with van der Waals surface area (Å²) >= 11 is 0. The third kappa shape index (κ3) is 4.02. The molecule has 0 aliphatic heterocycles. The predicted octanol–water partition coefficient (Wildman–Crippen LogP) is 2.27. The Kier molecular flexibility index (Phi) is 3.89. The molecule has 0 spiro atoms. The van der Waals surface area contributed by atoms with Gasteiger partial charge in [0.05, 0.1) is 12.6 Å². The molecule has 84 valence electrons. The third-order valence-corrected chi connectivity index (χ3v) is 2.34. The van der Waals surface area contributed by atoms with Crippen LogP contribution in [0.15, 0.2) is 24.3 Å². The lowest BCUT2D eigenvalue weighted by Gasteiger charge is -2.18. The normalized spacial score (nSPS) is 13.9. The minimum atomic E-state index is -0.256. The number of nitrogens with two attached hydrogens (primary N) is 1. The maximum Gasteiger partial charge on any atom is 0.0624 e. The Balaban J connectivity index is 2.72. The molecule has 0 heterocycles. The van der Waals surface area contributed by atoms with Crippen LogP contribution in [0.3, 0.4) is 0 Å². The van der Waals surface area contributed by atoms with Crippen molar-refractivity contribution in [3.63, 3.8) is 0 Å². The topological polar surface area (TPSA) is 46.2 Å². The highest BCUT2D eigenvalue weighted by molar-refractivity contribution is 5.25. The summed E-state index contributed by atoms with van der Waals surface area (Å²) in [5.41, 5.74) is 8.34. The highest BCUT2D eigenvalue weighted by atomic mass is 16.3. The molecule has 0 aliphatic carbocycles. The van der Waals surface area contributed by atoms with Crippen molar-refractivity contribution < 1.29 is 5.11 Å². The molecule has 1 rings (SSSR count). The molecule has 0 saturated heterocycles. The molecule has 15 heavy (non-hydrogen) atoms. The first-order chi connectivity index (χ1) is 6.92. The van der Waals surface area contributed by atoms with Crippen LogP contribution in [0, 0.1) is 5.41 Å². The fourth-order valence-electron chi connectivity index (χ4n) is 1.60. The van der Waals surface area contributed by atoms with Crippen molar-refractivity contribution in [3.05, 3.63) is 35.4 Å². The van der Waals surface area contributed by atoms with E-state index in [1.54, 1.807) is 0 Å². The summed E-state index contributed by atoms with van der Waals surface area (Å²) in [6.45, 7) is 6.67. The zero-order valence-electron chi connectivity index (χ0n) is 9.83. The molecule has 0 amide bonds. The Morgan fingerprint density at radius 1 is 1.20 bits per heavy atom.